The Bertz CT molecular complexity index is 312. The number of carbonyl (C=O) groups excluding carboxylic acids is 1. The van der Waals surface area contributed by atoms with Crippen LogP contribution in [0.1, 0.15) is 46.0 Å². The molecule has 0 unspecified atom stereocenters. The third kappa shape index (κ3) is 7.65. The highest BCUT2D eigenvalue weighted by Gasteiger charge is 2.29. The fourth-order valence-electron chi connectivity index (χ4n) is 1.83. The van der Waals surface area contributed by atoms with Crippen LogP contribution in [0.25, 0.3) is 0 Å². The van der Waals surface area contributed by atoms with Gasteiger partial charge in [-0.25, -0.2) is 9.59 Å². The number of allylic oxidation sites excluding steroid dienone is 1. The molecule has 4 nitrogen and oxygen atoms in total. The Hall–Kier alpha value is -1.58. The highest BCUT2D eigenvalue weighted by Crippen LogP contribution is 2.30. The monoisotopic (exact) mass is 254 g/mol. The smallest absolute Gasteiger partial charge is 0.330 e. The van der Waals surface area contributed by atoms with Crippen LogP contribution in [0.2, 0.25) is 0 Å². The summed E-state index contributed by atoms with van der Waals surface area (Å²) >= 11 is 0. The van der Waals surface area contributed by atoms with E-state index in [9.17, 15) is 9.59 Å². The number of esters is 1. The summed E-state index contributed by atoms with van der Waals surface area (Å²) in [6.07, 6.45) is 9.38. The van der Waals surface area contributed by atoms with Crippen LogP contribution in [0.3, 0.4) is 0 Å². The van der Waals surface area contributed by atoms with Gasteiger partial charge < -0.3 is 9.84 Å². The van der Waals surface area contributed by atoms with Gasteiger partial charge >= 0.3 is 11.9 Å². The van der Waals surface area contributed by atoms with E-state index < -0.39 is 5.97 Å². The summed E-state index contributed by atoms with van der Waals surface area (Å²) in [5.41, 5.74) is -0.219. The van der Waals surface area contributed by atoms with E-state index in [1.165, 1.54) is 31.4 Å². The molecule has 0 amide bonds. The van der Waals surface area contributed by atoms with E-state index >= 15 is 0 Å². The van der Waals surface area contributed by atoms with E-state index in [2.05, 4.69) is 6.58 Å². The van der Waals surface area contributed by atoms with Crippen LogP contribution in [0.4, 0.5) is 0 Å². The third-order valence-electron chi connectivity index (χ3n) is 2.73. The first-order valence-corrected chi connectivity index (χ1v) is 6.14. The summed E-state index contributed by atoms with van der Waals surface area (Å²) < 4.78 is 5.27. The lowest BCUT2D eigenvalue weighted by Crippen LogP contribution is -2.33. The lowest BCUT2D eigenvalue weighted by Gasteiger charge is -2.32. The zero-order valence-corrected chi connectivity index (χ0v) is 11.1. The molecule has 0 heterocycles. The minimum atomic E-state index is -0.891. The maximum Gasteiger partial charge on any atom is 0.330 e. The molecule has 0 spiro atoms. The number of carboxylic acid groups (broad SMARTS) is 1. The molecule has 1 saturated carbocycles. The van der Waals surface area contributed by atoms with Crippen LogP contribution < -0.4 is 0 Å². The standard InChI is InChI=1S/C10H16O2.C4H6O2/c1-3-9(11)12-10(2)7-5-4-6-8-10;1-2-3-4(5)6/h3H,1,4-8H2,2H3;2-3H,1H3,(H,5,6)/b;3-2+. The molecule has 0 aromatic heterocycles. The molecule has 0 bridgehead atoms. The van der Waals surface area contributed by atoms with E-state index in [0.717, 1.165) is 18.9 Å². The average molecular weight is 254 g/mol. The van der Waals surface area contributed by atoms with Crippen molar-refractivity contribution < 1.29 is 19.4 Å². The summed E-state index contributed by atoms with van der Waals surface area (Å²) in [4.78, 5) is 20.5. The zero-order valence-electron chi connectivity index (χ0n) is 11.1. The summed E-state index contributed by atoms with van der Waals surface area (Å²) in [5.74, 6) is -1.18. The first kappa shape index (κ1) is 16.4. The second-order valence-corrected chi connectivity index (χ2v) is 4.47. The summed E-state index contributed by atoms with van der Waals surface area (Å²) in [6, 6.07) is 0. The van der Waals surface area contributed by atoms with Gasteiger partial charge in [0.05, 0.1) is 0 Å². The summed E-state index contributed by atoms with van der Waals surface area (Å²) in [6.45, 7) is 7.05. The van der Waals surface area contributed by atoms with Crippen molar-refractivity contribution >= 4 is 11.9 Å². The molecule has 0 aromatic carbocycles. The predicted octanol–water partition coefficient (Wildman–Crippen LogP) is 3.09. The number of carboxylic acids is 1. The van der Waals surface area contributed by atoms with E-state index in [1.807, 2.05) is 6.92 Å². The second-order valence-electron chi connectivity index (χ2n) is 4.47. The van der Waals surface area contributed by atoms with Gasteiger partial charge in [0.2, 0.25) is 0 Å². The molecule has 1 fully saturated rings. The molecule has 1 N–H and O–H groups in total. The van der Waals surface area contributed by atoms with Crippen LogP contribution in [0, 0.1) is 0 Å². The van der Waals surface area contributed by atoms with Crippen molar-refractivity contribution in [1.29, 1.82) is 0 Å². The van der Waals surface area contributed by atoms with Gasteiger partial charge in [0, 0.05) is 12.2 Å². The van der Waals surface area contributed by atoms with Crippen LogP contribution in [-0.4, -0.2) is 22.6 Å². The summed E-state index contributed by atoms with van der Waals surface area (Å²) in [5, 5.41) is 7.83. The Kier molecular flexibility index (Phi) is 7.76. The molecular weight excluding hydrogens is 232 g/mol. The Morgan fingerprint density at radius 3 is 2.17 bits per heavy atom. The first-order valence-electron chi connectivity index (χ1n) is 6.14. The van der Waals surface area contributed by atoms with E-state index in [1.54, 1.807) is 6.92 Å². The molecule has 1 aliphatic carbocycles. The maximum absolute atomic E-state index is 10.9. The van der Waals surface area contributed by atoms with E-state index in [0.29, 0.717) is 0 Å². The van der Waals surface area contributed by atoms with Crippen molar-refractivity contribution in [2.24, 2.45) is 0 Å². The van der Waals surface area contributed by atoms with Crippen molar-refractivity contribution in [3.8, 4) is 0 Å². The number of hydrogen-bond acceptors (Lipinski definition) is 3. The van der Waals surface area contributed by atoms with Gasteiger partial charge in [-0.05, 0) is 39.5 Å². The largest absolute Gasteiger partial charge is 0.478 e. The lowest BCUT2D eigenvalue weighted by atomic mass is 9.86. The molecule has 0 radical (unpaired) electrons. The number of hydrogen-bond donors (Lipinski definition) is 1. The fourth-order valence-corrected chi connectivity index (χ4v) is 1.83. The van der Waals surface area contributed by atoms with Crippen molar-refractivity contribution in [1.82, 2.24) is 0 Å². The van der Waals surface area contributed by atoms with E-state index in [4.69, 9.17) is 9.84 Å². The molecule has 0 atom stereocenters. The molecular formula is C14H22O4. The van der Waals surface area contributed by atoms with Crippen LogP contribution in [0.15, 0.2) is 24.8 Å². The van der Waals surface area contributed by atoms with Gasteiger partial charge in [-0.15, -0.1) is 0 Å². The number of carbonyl (C=O) groups is 2. The van der Waals surface area contributed by atoms with Gasteiger partial charge in [0.25, 0.3) is 0 Å². The minimum absolute atomic E-state index is 0.219. The summed E-state index contributed by atoms with van der Waals surface area (Å²) in [7, 11) is 0. The molecule has 0 saturated heterocycles. The van der Waals surface area contributed by atoms with Gasteiger partial charge in [0.1, 0.15) is 5.60 Å². The second kappa shape index (κ2) is 8.50. The molecule has 102 valence electrons. The quantitative estimate of drug-likeness (QED) is 0.621. The predicted molar refractivity (Wildman–Crippen MR) is 70.2 cm³/mol. The normalized spacial score (nSPS) is 17.4. The van der Waals surface area contributed by atoms with Crippen molar-refractivity contribution in [3.05, 3.63) is 24.8 Å². The van der Waals surface area contributed by atoms with Crippen LogP contribution in [0.5, 0.6) is 0 Å². The van der Waals surface area contributed by atoms with Crippen LogP contribution in [-0.2, 0) is 14.3 Å². The third-order valence-corrected chi connectivity index (χ3v) is 2.73. The van der Waals surface area contributed by atoms with Gasteiger partial charge in [-0.2, -0.15) is 0 Å². The molecule has 4 heteroatoms. The highest BCUT2D eigenvalue weighted by molar-refractivity contribution is 5.81. The molecule has 18 heavy (non-hydrogen) atoms. The number of ether oxygens (including phenoxy) is 1. The number of aliphatic carboxylic acids is 1. The van der Waals surface area contributed by atoms with Crippen LogP contribution >= 0.6 is 0 Å². The molecule has 0 aliphatic heterocycles. The highest BCUT2D eigenvalue weighted by atomic mass is 16.6. The minimum Gasteiger partial charge on any atom is -0.478 e. The Labute approximate surface area is 108 Å². The van der Waals surface area contributed by atoms with Crippen molar-refractivity contribution in [3.63, 3.8) is 0 Å². The molecule has 1 rings (SSSR count). The Morgan fingerprint density at radius 2 is 1.83 bits per heavy atom. The maximum atomic E-state index is 10.9. The number of rotatable bonds is 3. The van der Waals surface area contributed by atoms with Gasteiger partial charge in [0.15, 0.2) is 0 Å². The van der Waals surface area contributed by atoms with Crippen molar-refractivity contribution in [2.75, 3.05) is 0 Å². The Balaban J connectivity index is 0.000000411. The lowest BCUT2D eigenvalue weighted by molar-refractivity contribution is -0.154. The average Bonchev–Trinajstić information content (AvgIpc) is 2.30. The SMILES string of the molecule is C/C=C/C(=O)O.C=CC(=O)OC1(C)CCCCC1. The fraction of sp³-hybridized carbons (Fsp3) is 0.571. The van der Waals surface area contributed by atoms with Crippen molar-refractivity contribution in [2.45, 2.75) is 51.6 Å². The van der Waals surface area contributed by atoms with Gasteiger partial charge in [-0.3, -0.25) is 0 Å². The van der Waals surface area contributed by atoms with Gasteiger partial charge in [-0.1, -0.05) is 19.1 Å². The Morgan fingerprint density at radius 1 is 1.28 bits per heavy atom. The molecule has 1 aliphatic rings. The first-order chi connectivity index (χ1) is 8.43. The molecule has 0 aromatic rings. The zero-order chi connectivity index (χ0) is 14.0. The topological polar surface area (TPSA) is 63.6 Å². The van der Waals surface area contributed by atoms with E-state index in [-0.39, 0.29) is 11.6 Å².